The Labute approximate surface area is 151 Å². The molecule has 1 aliphatic rings. The van der Waals surface area contributed by atoms with Crippen LogP contribution in [0.1, 0.15) is 25.1 Å². The molecular weight excluding hydrogens is 340 g/mol. The normalized spacial score (nSPS) is 21.2. The Balaban J connectivity index is 1.51. The number of carbonyl (C=O) groups excluding carboxylic acids is 1. The first-order chi connectivity index (χ1) is 11.6. The predicted molar refractivity (Wildman–Crippen MR) is 98.3 cm³/mol. The van der Waals surface area contributed by atoms with Crippen molar-refractivity contribution in [3.63, 3.8) is 0 Å². The lowest BCUT2D eigenvalue weighted by atomic mass is 9.92. The topological polar surface area (TPSA) is 51.0 Å². The molecule has 0 aromatic carbocycles. The third-order valence-electron chi connectivity index (χ3n) is 4.31. The highest BCUT2D eigenvalue weighted by Crippen LogP contribution is 2.23. The smallest absolute Gasteiger partial charge is 0.233 e. The van der Waals surface area contributed by atoms with Crippen LogP contribution in [0.15, 0.2) is 29.0 Å². The van der Waals surface area contributed by atoms with Crippen molar-refractivity contribution in [2.75, 3.05) is 18.8 Å². The summed E-state index contributed by atoms with van der Waals surface area (Å²) in [4.78, 5) is 15.9. The summed E-state index contributed by atoms with van der Waals surface area (Å²) in [7, 11) is 0. The van der Waals surface area contributed by atoms with Gasteiger partial charge in [-0.15, -0.1) is 21.5 Å². The van der Waals surface area contributed by atoms with E-state index in [0.717, 1.165) is 31.2 Å². The number of carbonyl (C=O) groups is 1. The van der Waals surface area contributed by atoms with Gasteiger partial charge < -0.3 is 9.47 Å². The first-order valence-electron chi connectivity index (χ1n) is 8.42. The van der Waals surface area contributed by atoms with Crippen LogP contribution in [0.5, 0.6) is 0 Å². The standard InChI is InChI=1S/C17H24N4OS2/c1-13-8-14(2)10-21(9-13)16(22)11-24-17-19-18-12-20(17)6-5-15-4-3-7-23-15/h3-4,7,12-14H,5-6,8-11H2,1-2H3. The second kappa shape index (κ2) is 8.16. The summed E-state index contributed by atoms with van der Waals surface area (Å²) < 4.78 is 2.04. The summed E-state index contributed by atoms with van der Waals surface area (Å²) in [5, 5.41) is 11.1. The molecule has 5 nitrogen and oxygen atoms in total. The number of thiophene rings is 1. The van der Waals surface area contributed by atoms with Crippen LogP contribution in [-0.2, 0) is 17.8 Å². The molecule has 2 aromatic rings. The van der Waals surface area contributed by atoms with Gasteiger partial charge in [0.25, 0.3) is 0 Å². The van der Waals surface area contributed by atoms with E-state index in [0.29, 0.717) is 17.6 Å². The molecule has 2 aromatic heterocycles. The van der Waals surface area contributed by atoms with Gasteiger partial charge in [0.1, 0.15) is 6.33 Å². The highest BCUT2D eigenvalue weighted by atomic mass is 32.2. The molecule has 0 aliphatic carbocycles. The Morgan fingerprint density at radius 3 is 2.88 bits per heavy atom. The molecule has 2 unspecified atom stereocenters. The minimum Gasteiger partial charge on any atom is -0.341 e. The zero-order valence-electron chi connectivity index (χ0n) is 14.2. The van der Waals surface area contributed by atoms with Crippen molar-refractivity contribution in [2.24, 2.45) is 11.8 Å². The van der Waals surface area contributed by atoms with E-state index in [-0.39, 0.29) is 5.91 Å². The van der Waals surface area contributed by atoms with E-state index in [1.165, 1.54) is 23.1 Å². The minimum absolute atomic E-state index is 0.214. The van der Waals surface area contributed by atoms with Gasteiger partial charge in [0, 0.05) is 24.5 Å². The number of thioether (sulfide) groups is 1. The number of hydrogen-bond acceptors (Lipinski definition) is 5. The molecule has 3 heterocycles. The van der Waals surface area contributed by atoms with E-state index in [2.05, 4.69) is 41.6 Å². The van der Waals surface area contributed by atoms with Crippen LogP contribution in [0.3, 0.4) is 0 Å². The van der Waals surface area contributed by atoms with Gasteiger partial charge in [-0.25, -0.2) is 0 Å². The number of nitrogens with zero attached hydrogens (tertiary/aromatic N) is 4. The Hall–Kier alpha value is -1.34. The third kappa shape index (κ3) is 4.60. The molecule has 0 bridgehead atoms. The summed E-state index contributed by atoms with van der Waals surface area (Å²) in [5.41, 5.74) is 0. The first kappa shape index (κ1) is 17.5. The van der Waals surface area contributed by atoms with Crippen LogP contribution < -0.4 is 0 Å². The molecule has 2 atom stereocenters. The van der Waals surface area contributed by atoms with Crippen LogP contribution in [0.25, 0.3) is 0 Å². The number of aromatic nitrogens is 3. The number of amides is 1. The van der Waals surface area contributed by atoms with E-state index in [4.69, 9.17) is 0 Å². The summed E-state index contributed by atoms with van der Waals surface area (Å²) in [5.74, 6) is 1.84. The van der Waals surface area contributed by atoms with Gasteiger partial charge in [-0.05, 0) is 36.1 Å². The fraction of sp³-hybridized carbons (Fsp3) is 0.588. The number of likely N-dealkylation sites (tertiary alicyclic amines) is 1. The van der Waals surface area contributed by atoms with Gasteiger partial charge in [0.15, 0.2) is 5.16 Å². The summed E-state index contributed by atoms with van der Waals surface area (Å²) >= 11 is 3.26. The van der Waals surface area contributed by atoms with Gasteiger partial charge in [0.2, 0.25) is 5.91 Å². The third-order valence-corrected chi connectivity index (χ3v) is 6.21. The fourth-order valence-electron chi connectivity index (χ4n) is 3.28. The second-order valence-electron chi connectivity index (χ2n) is 6.67. The molecule has 0 saturated carbocycles. The predicted octanol–water partition coefficient (Wildman–Crippen LogP) is 3.18. The first-order valence-corrected chi connectivity index (χ1v) is 10.3. The molecule has 3 rings (SSSR count). The maximum atomic E-state index is 12.5. The van der Waals surface area contributed by atoms with Crippen molar-refractivity contribution in [3.05, 3.63) is 28.7 Å². The van der Waals surface area contributed by atoms with E-state index in [9.17, 15) is 4.79 Å². The lowest BCUT2D eigenvalue weighted by Crippen LogP contribution is -2.43. The summed E-state index contributed by atoms with van der Waals surface area (Å²) in [6, 6.07) is 4.21. The van der Waals surface area contributed by atoms with Gasteiger partial charge in [-0.3, -0.25) is 4.79 Å². The van der Waals surface area contributed by atoms with Crippen LogP contribution in [0, 0.1) is 11.8 Å². The molecule has 0 radical (unpaired) electrons. The van der Waals surface area contributed by atoms with Gasteiger partial charge >= 0.3 is 0 Å². The van der Waals surface area contributed by atoms with E-state index < -0.39 is 0 Å². The zero-order chi connectivity index (χ0) is 16.9. The average molecular weight is 365 g/mol. The lowest BCUT2D eigenvalue weighted by Gasteiger charge is -2.34. The van der Waals surface area contributed by atoms with Crippen molar-refractivity contribution >= 4 is 29.0 Å². The largest absolute Gasteiger partial charge is 0.341 e. The molecular formula is C17H24N4OS2. The Morgan fingerprint density at radius 2 is 2.17 bits per heavy atom. The van der Waals surface area contributed by atoms with Crippen molar-refractivity contribution in [1.29, 1.82) is 0 Å². The van der Waals surface area contributed by atoms with Crippen molar-refractivity contribution in [3.8, 4) is 0 Å². The van der Waals surface area contributed by atoms with Crippen LogP contribution in [0.2, 0.25) is 0 Å². The molecule has 1 fully saturated rings. The SMILES string of the molecule is CC1CC(C)CN(C(=O)CSc2nncn2CCc2cccs2)C1. The zero-order valence-corrected chi connectivity index (χ0v) is 15.9. The molecule has 1 aliphatic heterocycles. The number of piperidine rings is 1. The van der Waals surface area contributed by atoms with Crippen LogP contribution >= 0.6 is 23.1 Å². The van der Waals surface area contributed by atoms with Crippen LogP contribution in [0.4, 0.5) is 0 Å². The van der Waals surface area contributed by atoms with Crippen LogP contribution in [-0.4, -0.2) is 44.4 Å². The maximum Gasteiger partial charge on any atom is 0.233 e. The molecule has 0 N–H and O–H groups in total. The Kier molecular flexibility index (Phi) is 5.94. The van der Waals surface area contributed by atoms with E-state index in [1.54, 1.807) is 17.7 Å². The second-order valence-corrected chi connectivity index (χ2v) is 8.64. The van der Waals surface area contributed by atoms with Crippen molar-refractivity contribution < 1.29 is 4.79 Å². The van der Waals surface area contributed by atoms with E-state index >= 15 is 0 Å². The van der Waals surface area contributed by atoms with Gasteiger partial charge in [0.05, 0.1) is 5.75 Å². The van der Waals surface area contributed by atoms with Crippen molar-refractivity contribution in [1.82, 2.24) is 19.7 Å². The molecule has 24 heavy (non-hydrogen) atoms. The molecule has 1 amide bonds. The number of aryl methyl sites for hydroxylation is 2. The van der Waals surface area contributed by atoms with Gasteiger partial charge in [-0.2, -0.15) is 0 Å². The number of rotatable bonds is 6. The molecule has 7 heteroatoms. The highest BCUT2D eigenvalue weighted by Gasteiger charge is 2.25. The Bertz CT molecular complexity index is 645. The Morgan fingerprint density at radius 1 is 1.38 bits per heavy atom. The summed E-state index contributed by atoms with van der Waals surface area (Å²) in [6.07, 6.45) is 3.94. The monoisotopic (exact) mass is 364 g/mol. The highest BCUT2D eigenvalue weighted by molar-refractivity contribution is 7.99. The molecule has 130 valence electrons. The fourth-order valence-corrected chi connectivity index (χ4v) is 4.82. The molecule has 0 spiro atoms. The average Bonchev–Trinajstić information content (AvgIpc) is 3.21. The van der Waals surface area contributed by atoms with Gasteiger partial charge in [-0.1, -0.05) is 31.7 Å². The quantitative estimate of drug-likeness (QED) is 0.739. The number of hydrogen-bond donors (Lipinski definition) is 0. The van der Waals surface area contributed by atoms with E-state index in [1.807, 2.05) is 9.47 Å². The summed E-state index contributed by atoms with van der Waals surface area (Å²) in [6.45, 7) is 7.07. The van der Waals surface area contributed by atoms with Crippen molar-refractivity contribution in [2.45, 2.75) is 38.4 Å². The maximum absolute atomic E-state index is 12.5. The minimum atomic E-state index is 0.214. The lowest BCUT2D eigenvalue weighted by molar-refractivity contribution is -0.130. The molecule has 1 saturated heterocycles.